The molecular weight excluding hydrogens is 296 g/mol. The van der Waals surface area contributed by atoms with Gasteiger partial charge in [-0.1, -0.05) is 0 Å². The van der Waals surface area contributed by atoms with E-state index in [2.05, 4.69) is 15.0 Å². The second-order valence-electron chi connectivity index (χ2n) is 4.82. The van der Waals surface area contributed by atoms with Gasteiger partial charge in [0.1, 0.15) is 12.6 Å². The van der Waals surface area contributed by atoms with Crippen LogP contribution >= 0.6 is 0 Å². The lowest BCUT2D eigenvalue weighted by molar-refractivity contribution is -0.107. The molecule has 0 N–H and O–H groups in total. The van der Waals surface area contributed by atoms with Gasteiger partial charge in [-0.25, -0.2) is 0 Å². The molecule has 0 amide bonds. The lowest BCUT2D eigenvalue weighted by atomic mass is 10.5. The first-order valence-electron chi connectivity index (χ1n) is 8.03. The van der Waals surface area contributed by atoms with E-state index in [1.54, 1.807) is 9.80 Å². The second kappa shape index (κ2) is 9.70. The summed E-state index contributed by atoms with van der Waals surface area (Å²) in [4.78, 5) is 40.8. The molecule has 1 aromatic rings. The summed E-state index contributed by atoms with van der Waals surface area (Å²) in [6.45, 7) is 11.1. The summed E-state index contributed by atoms with van der Waals surface area (Å²) in [7, 11) is 0. The summed E-state index contributed by atoms with van der Waals surface area (Å²) in [5.74, 6) is 1.47. The van der Waals surface area contributed by atoms with E-state index >= 15 is 0 Å². The molecule has 128 valence electrons. The summed E-state index contributed by atoms with van der Waals surface area (Å²) >= 11 is 0. The van der Waals surface area contributed by atoms with Crippen molar-refractivity contribution in [2.45, 2.75) is 27.7 Å². The first-order chi connectivity index (χ1) is 11.1. The lowest BCUT2D eigenvalue weighted by Crippen LogP contribution is -2.33. The van der Waals surface area contributed by atoms with Crippen LogP contribution in [0.25, 0.3) is 0 Å². The Morgan fingerprint density at radius 3 is 1.22 bits per heavy atom. The molecule has 0 atom stereocenters. The van der Waals surface area contributed by atoms with E-state index in [4.69, 9.17) is 0 Å². The third kappa shape index (κ3) is 4.87. The highest BCUT2D eigenvalue weighted by molar-refractivity contribution is 5.61. The number of carbonyl (C=O) groups excluding carboxylic acids is 2. The topological polar surface area (TPSA) is 82.5 Å². The first-order valence-corrected chi connectivity index (χ1v) is 8.03. The third-order valence-corrected chi connectivity index (χ3v) is 3.57. The van der Waals surface area contributed by atoms with Crippen LogP contribution in [0, 0.1) is 0 Å². The van der Waals surface area contributed by atoms with Gasteiger partial charge in [0.15, 0.2) is 0 Å². The summed E-state index contributed by atoms with van der Waals surface area (Å²) in [6.07, 6.45) is 1.65. The average molecular weight is 322 g/mol. The van der Waals surface area contributed by atoms with Crippen molar-refractivity contribution in [2.75, 3.05) is 54.0 Å². The van der Waals surface area contributed by atoms with Gasteiger partial charge in [-0.2, -0.15) is 15.0 Å². The van der Waals surface area contributed by atoms with Crippen molar-refractivity contribution >= 4 is 30.4 Å². The molecule has 0 saturated carbocycles. The van der Waals surface area contributed by atoms with Crippen LogP contribution < -0.4 is 14.7 Å². The summed E-state index contributed by atoms with van der Waals surface area (Å²) in [5, 5.41) is 0. The zero-order valence-electron chi connectivity index (χ0n) is 14.4. The molecule has 0 aliphatic heterocycles. The molecular formula is C15H26N6O2. The summed E-state index contributed by atoms with van der Waals surface area (Å²) in [6, 6.07) is 0. The van der Waals surface area contributed by atoms with Crippen molar-refractivity contribution in [3.8, 4) is 0 Å². The van der Waals surface area contributed by atoms with Crippen molar-refractivity contribution in [3.63, 3.8) is 0 Å². The van der Waals surface area contributed by atoms with Gasteiger partial charge in [-0.15, -0.1) is 0 Å². The SMILES string of the molecule is CCN(CC)c1nc(N(CC)CC=O)nc(N(CC)CC=O)n1. The van der Waals surface area contributed by atoms with Crippen molar-refractivity contribution in [1.29, 1.82) is 0 Å². The van der Waals surface area contributed by atoms with Gasteiger partial charge in [-0.05, 0) is 27.7 Å². The second-order valence-corrected chi connectivity index (χ2v) is 4.82. The lowest BCUT2D eigenvalue weighted by Gasteiger charge is -2.25. The van der Waals surface area contributed by atoms with Crippen LogP contribution in [-0.4, -0.2) is 66.8 Å². The Kier molecular flexibility index (Phi) is 7.93. The van der Waals surface area contributed by atoms with Gasteiger partial charge < -0.3 is 24.3 Å². The molecule has 1 heterocycles. The molecule has 0 aromatic carbocycles. The molecule has 0 bridgehead atoms. The minimum atomic E-state index is 0.220. The number of rotatable bonds is 11. The van der Waals surface area contributed by atoms with Gasteiger partial charge in [-0.3, -0.25) is 0 Å². The zero-order chi connectivity index (χ0) is 17.2. The standard InChI is InChI=1S/C15H26N6O2/c1-5-19(6-2)13-16-14(20(7-3)9-11-22)18-15(17-13)21(8-4)10-12-23/h11-12H,5-10H2,1-4H3. The molecule has 0 fully saturated rings. The molecule has 0 aliphatic carbocycles. The van der Waals surface area contributed by atoms with Gasteiger partial charge in [0, 0.05) is 26.2 Å². The van der Waals surface area contributed by atoms with E-state index < -0.39 is 0 Å². The van der Waals surface area contributed by atoms with E-state index in [0.29, 0.717) is 30.9 Å². The first kappa shape index (κ1) is 18.8. The van der Waals surface area contributed by atoms with Crippen molar-refractivity contribution in [1.82, 2.24) is 15.0 Å². The molecule has 1 aromatic heterocycles. The molecule has 0 radical (unpaired) electrons. The Labute approximate surface area is 137 Å². The highest BCUT2D eigenvalue weighted by atomic mass is 16.1. The highest BCUT2D eigenvalue weighted by Gasteiger charge is 2.17. The monoisotopic (exact) mass is 322 g/mol. The van der Waals surface area contributed by atoms with Crippen molar-refractivity contribution in [3.05, 3.63) is 0 Å². The van der Waals surface area contributed by atoms with Crippen molar-refractivity contribution < 1.29 is 9.59 Å². The number of aromatic nitrogens is 3. The molecule has 0 unspecified atom stereocenters. The van der Waals surface area contributed by atoms with Crippen LogP contribution in [0.3, 0.4) is 0 Å². The summed E-state index contributed by atoms with van der Waals surface area (Å²) < 4.78 is 0. The van der Waals surface area contributed by atoms with Crippen molar-refractivity contribution in [2.24, 2.45) is 0 Å². The third-order valence-electron chi connectivity index (χ3n) is 3.57. The summed E-state index contributed by atoms with van der Waals surface area (Å²) in [5.41, 5.74) is 0. The van der Waals surface area contributed by atoms with Gasteiger partial charge in [0.25, 0.3) is 0 Å². The fourth-order valence-electron chi connectivity index (χ4n) is 2.16. The largest absolute Gasteiger partial charge is 0.341 e. The number of hydrogen-bond donors (Lipinski definition) is 0. The van der Waals surface area contributed by atoms with E-state index in [-0.39, 0.29) is 13.1 Å². The number of hydrogen-bond acceptors (Lipinski definition) is 8. The molecule has 23 heavy (non-hydrogen) atoms. The fraction of sp³-hybridized carbons (Fsp3) is 0.667. The Balaban J connectivity index is 3.35. The molecule has 8 nitrogen and oxygen atoms in total. The minimum absolute atomic E-state index is 0.220. The smallest absolute Gasteiger partial charge is 0.232 e. The molecule has 1 rings (SSSR count). The molecule has 0 spiro atoms. The predicted octanol–water partition coefficient (Wildman–Crippen LogP) is 0.768. The predicted molar refractivity (Wildman–Crippen MR) is 91.3 cm³/mol. The van der Waals surface area contributed by atoms with Gasteiger partial charge in [0.2, 0.25) is 17.8 Å². The van der Waals surface area contributed by atoms with E-state index in [1.165, 1.54) is 0 Å². The zero-order valence-corrected chi connectivity index (χ0v) is 14.4. The highest BCUT2D eigenvalue weighted by Crippen LogP contribution is 2.18. The van der Waals surface area contributed by atoms with Gasteiger partial charge >= 0.3 is 0 Å². The van der Waals surface area contributed by atoms with Crippen LogP contribution in [0.5, 0.6) is 0 Å². The number of carbonyl (C=O) groups is 2. The number of aldehydes is 2. The van der Waals surface area contributed by atoms with Crippen LogP contribution in [-0.2, 0) is 9.59 Å². The van der Waals surface area contributed by atoms with Crippen LogP contribution in [0.4, 0.5) is 17.8 Å². The number of anilines is 3. The fourth-order valence-corrected chi connectivity index (χ4v) is 2.16. The Hall–Kier alpha value is -2.25. The number of nitrogens with zero attached hydrogens (tertiary/aromatic N) is 6. The van der Waals surface area contributed by atoms with E-state index in [1.807, 2.05) is 32.6 Å². The molecule has 0 saturated heterocycles. The van der Waals surface area contributed by atoms with Crippen LogP contribution in [0.2, 0.25) is 0 Å². The maximum Gasteiger partial charge on any atom is 0.232 e. The maximum atomic E-state index is 10.9. The minimum Gasteiger partial charge on any atom is -0.341 e. The Morgan fingerprint density at radius 2 is 0.957 bits per heavy atom. The van der Waals surface area contributed by atoms with E-state index in [0.717, 1.165) is 25.7 Å². The molecule has 8 heteroatoms. The number of likely N-dealkylation sites (N-methyl/N-ethyl adjacent to an activating group) is 2. The van der Waals surface area contributed by atoms with Crippen LogP contribution in [0.15, 0.2) is 0 Å². The Morgan fingerprint density at radius 1 is 0.652 bits per heavy atom. The Bertz CT molecular complexity index is 470. The normalized spacial score (nSPS) is 10.3. The molecule has 0 aliphatic rings. The van der Waals surface area contributed by atoms with Crippen LogP contribution in [0.1, 0.15) is 27.7 Å². The van der Waals surface area contributed by atoms with E-state index in [9.17, 15) is 9.59 Å². The van der Waals surface area contributed by atoms with Gasteiger partial charge in [0.05, 0.1) is 13.1 Å². The quantitative estimate of drug-likeness (QED) is 0.553. The average Bonchev–Trinajstić information content (AvgIpc) is 2.58. The maximum absolute atomic E-state index is 10.9.